The van der Waals surface area contributed by atoms with Crippen LogP contribution in [0.3, 0.4) is 0 Å². The summed E-state index contributed by atoms with van der Waals surface area (Å²) in [7, 11) is 0. The number of benzene rings is 9. The molecule has 278 valence electrons. The molecule has 0 spiro atoms. The van der Waals surface area contributed by atoms with Crippen molar-refractivity contribution in [1.82, 2.24) is 5.32 Å². The van der Waals surface area contributed by atoms with Gasteiger partial charge in [0.2, 0.25) is 0 Å². The lowest BCUT2D eigenvalue weighted by atomic mass is 9.91. The van der Waals surface area contributed by atoms with Crippen molar-refractivity contribution in [3.63, 3.8) is 0 Å². The highest BCUT2D eigenvalue weighted by molar-refractivity contribution is 6.22. The molecule has 4 nitrogen and oxygen atoms in total. The summed E-state index contributed by atoms with van der Waals surface area (Å²) in [5, 5.41) is 8.24. The molecule has 1 aliphatic heterocycles. The van der Waals surface area contributed by atoms with E-state index in [1.165, 1.54) is 38.6 Å². The summed E-state index contributed by atoms with van der Waals surface area (Å²) in [5.74, 6) is 1.44. The number of furan rings is 1. The zero-order chi connectivity index (χ0) is 39.1. The van der Waals surface area contributed by atoms with Gasteiger partial charge in [0.15, 0.2) is 5.84 Å². The molecule has 0 saturated heterocycles. The van der Waals surface area contributed by atoms with Crippen LogP contribution in [0.1, 0.15) is 22.9 Å². The van der Waals surface area contributed by atoms with Crippen molar-refractivity contribution in [2.45, 2.75) is 6.17 Å². The minimum atomic E-state index is -0.341. The molecule has 0 radical (unpaired) electrons. The standard InChI is InChI=1S/C55H37N3O/c1-4-14-36(15-5-1)37-28-30-40(31-29-37)54-56-53(39-18-8-3-9-19-39)57-55(58-54)48-26-13-27-51-52(48)49-35-42(32-33-50(49)59-51)41-20-10-21-43(34-41)45-23-12-24-46-44(22-11-25-47(45)46)38-16-6-2-7-17-38/h1-35,54H,(H,56,57,58). The predicted molar refractivity (Wildman–Crippen MR) is 245 cm³/mol. The Morgan fingerprint density at radius 3 is 1.64 bits per heavy atom. The molecule has 0 bridgehead atoms. The highest BCUT2D eigenvalue weighted by Gasteiger charge is 2.24. The van der Waals surface area contributed by atoms with Crippen molar-refractivity contribution in [2.24, 2.45) is 9.98 Å². The maximum Gasteiger partial charge on any atom is 0.159 e. The van der Waals surface area contributed by atoms with Crippen LogP contribution in [-0.2, 0) is 0 Å². The lowest BCUT2D eigenvalue weighted by Gasteiger charge is -2.24. The first-order chi connectivity index (χ1) is 29.2. The second-order valence-electron chi connectivity index (χ2n) is 15.0. The number of hydrogen-bond donors (Lipinski definition) is 1. The summed E-state index contributed by atoms with van der Waals surface area (Å²) < 4.78 is 6.53. The topological polar surface area (TPSA) is 49.9 Å². The molecule has 0 amide bonds. The third-order valence-corrected chi connectivity index (χ3v) is 11.4. The summed E-state index contributed by atoms with van der Waals surface area (Å²) >= 11 is 0. The van der Waals surface area contributed by atoms with E-state index in [1.54, 1.807) is 0 Å². The molecular weight excluding hydrogens is 719 g/mol. The Morgan fingerprint density at radius 1 is 0.373 bits per heavy atom. The van der Waals surface area contributed by atoms with E-state index >= 15 is 0 Å². The Hall–Kier alpha value is -7.82. The van der Waals surface area contributed by atoms with Crippen molar-refractivity contribution in [2.75, 3.05) is 0 Å². The second-order valence-corrected chi connectivity index (χ2v) is 15.0. The van der Waals surface area contributed by atoms with Gasteiger partial charge in [0.1, 0.15) is 23.2 Å². The van der Waals surface area contributed by atoms with Crippen LogP contribution in [0.25, 0.3) is 77.2 Å². The van der Waals surface area contributed by atoms with Gasteiger partial charge in [0.25, 0.3) is 0 Å². The molecule has 2 heterocycles. The molecule has 0 fully saturated rings. The number of nitrogens with zero attached hydrogens (tertiary/aromatic N) is 2. The van der Waals surface area contributed by atoms with Gasteiger partial charge in [-0.2, -0.15) is 0 Å². The van der Waals surface area contributed by atoms with E-state index in [0.717, 1.165) is 61.2 Å². The summed E-state index contributed by atoms with van der Waals surface area (Å²) in [4.78, 5) is 10.3. The fraction of sp³-hybridized carbons (Fsp3) is 0.0182. The predicted octanol–water partition coefficient (Wildman–Crippen LogP) is 13.9. The first kappa shape index (κ1) is 34.4. The third-order valence-electron chi connectivity index (χ3n) is 11.4. The normalized spacial score (nSPS) is 13.9. The number of rotatable bonds is 7. The number of amidine groups is 2. The Morgan fingerprint density at radius 2 is 0.915 bits per heavy atom. The minimum absolute atomic E-state index is 0.341. The average Bonchev–Trinajstić information content (AvgIpc) is 3.70. The zero-order valence-electron chi connectivity index (χ0n) is 32.1. The van der Waals surface area contributed by atoms with E-state index in [9.17, 15) is 0 Å². The number of nitrogens with one attached hydrogen (secondary N) is 1. The quantitative estimate of drug-likeness (QED) is 0.176. The van der Waals surface area contributed by atoms with E-state index in [2.05, 4.69) is 181 Å². The van der Waals surface area contributed by atoms with Crippen molar-refractivity contribution in [3.05, 3.63) is 229 Å². The van der Waals surface area contributed by atoms with E-state index in [4.69, 9.17) is 14.4 Å². The average molecular weight is 756 g/mol. The highest BCUT2D eigenvalue weighted by Crippen LogP contribution is 2.39. The first-order valence-electron chi connectivity index (χ1n) is 20.0. The largest absolute Gasteiger partial charge is 0.456 e. The molecule has 59 heavy (non-hydrogen) atoms. The van der Waals surface area contributed by atoms with Gasteiger partial charge in [-0.15, -0.1) is 0 Å². The molecule has 10 aromatic rings. The monoisotopic (exact) mass is 755 g/mol. The minimum Gasteiger partial charge on any atom is -0.456 e. The third kappa shape index (κ3) is 6.37. The fourth-order valence-corrected chi connectivity index (χ4v) is 8.46. The summed E-state index contributed by atoms with van der Waals surface area (Å²) in [5.41, 5.74) is 14.1. The van der Waals surface area contributed by atoms with E-state index in [0.29, 0.717) is 5.84 Å². The van der Waals surface area contributed by atoms with Crippen LogP contribution in [0, 0.1) is 0 Å². The molecule has 1 N–H and O–H groups in total. The number of aliphatic imine (C=N–C) groups is 2. The van der Waals surface area contributed by atoms with Crippen LogP contribution < -0.4 is 5.32 Å². The van der Waals surface area contributed by atoms with Gasteiger partial charge in [-0.1, -0.05) is 188 Å². The number of fused-ring (bicyclic) bond motifs is 4. The zero-order valence-corrected chi connectivity index (χ0v) is 32.1. The molecule has 11 rings (SSSR count). The lowest BCUT2D eigenvalue weighted by molar-refractivity contribution is 0.668. The van der Waals surface area contributed by atoms with Crippen molar-refractivity contribution in [3.8, 4) is 44.5 Å². The van der Waals surface area contributed by atoms with Gasteiger partial charge >= 0.3 is 0 Å². The van der Waals surface area contributed by atoms with E-state index in [1.807, 2.05) is 36.4 Å². The lowest BCUT2D eigenvalue weighted by Crippen LogP contribution is -2.33. The molecule has 0 aliphatic carbocycles. The Balaban J connectivity index is 0.992. The molecule has 1 unspecified atom stereocenters. The summed E-state index contributed by atoms with van der Waals surface area (Å²) in [6, 6.07) is 74.7. The van der Waals surface area contributed by atoms with Gasteiger partial charge in [-0.3, -0.25) is 0 Å². The molecule has 0 saturated carbocycles. The van der Waals surface area contributed by atoms with Gasteiger partial charge in [-0.25, -0.2) is 9.98 Å². The number of hydrogen-bond acceptors (Lipinski definition) is 4. The second kappa shape index (κ2) is 14.6. The molecule has 1 atom stereocenters. The van der Waals surface area contributed by atoms with Gasteiger partial charge < -0.3 is 9.73 Å². The van der Waals surface area contributed by atoms with Gasteiger partial charge in [0.05, 0.1) is 0 Å². The molecule has 1 aromatic heterocycles. The first-order valence-corrected chi connectivity index (χ1v) is 20.0. The maximum absolute atomic E-state index is 6.53. The van der Waals surface area contributed by atoms with Crippen LogP contribution in [0.2, 0.25) is 0 Å². The van der Waals surface area contributed by atoms with E-state index in [-0.39, 0.29) is 6.17 Å². The van der Waals surface area contributed by atoms with Crippen LogP contribution in [-0.4, -0.2) is 11.7 Å². The highest BCUT2D eigenvalue weighted by atomic mass is 16.3. The smallest absolute Gasteiger partial charge is 0.159 e. The SMILES string of the molecule is c1ccc(C2=NC(c3ccc(-c4ccccc4)cc3)NC(c3cccc4oc5ccc(-c6cccc(-c7cccc8c(-c9ccccc9)cccc78)c6)cc5c34)=N2)cc1. The maximum atomic E-state index is 6.53. The van der Waals surface area contributed by atoms with Crippen molar-refractivity contribution < 1.29 is 4.42 Å². The van der Waals surface area contributed by atoms with Crippen LogP contribution in [0.4, 0.5) is 0 Å². The van der Waals surface area contributed by atoms with Crippen molar-refractivity contribution in [1.29, 1.82) is 0 Å². The Labute approximate surface area is 342 Å². The summed E-state index contributed by atoms with van der Waals surface area (Å²) in [6.07, 6.45) is -0.341. The molecule has 1 aliphatic rings. The van der Waals surface area contributed by atoms with Crippen LogP contribution >= 0.6 is 0 Å². The fourth-order valence-electron chi connectivity index (χ4n) is 8.46. The van der Waals surface area contributed by atoms with Crippen molar-refractivity contribution >= 4 is 44.4 Å². The Kier molecular flexibility index (Phi) is 8.52. The van der Waals surface area contributed by atoms with Crippen LogP contribution in [0.15, 0.2) is 227 Å². The molecule has 9 aromatic carbocycles. The Bertz CT molecular complexity index is 3220. The molecular formula is C55H37N3O. The summed E-state index contributed by atoms with van der Waals surface area (Å²) in [6.45, 7) is 0. The van der Waals surface area contributed by atoms with Gasteiger partial charge in [0, 0.05) is 21.9 Å². The van der Waals surface area contributed by atoms with Crippen LogP contribution in [0.5, 0.6) is 0 Å². The van der Waals surface area contributed by atoms with E-state index < -0.39 is 0 Å². The molecule has 4 heteroatoms. The van der Waals surface area contributed by atoms with Gasteiger partial charge in [-0.05, 0) is 85.1 Å².